The van der Waals surface area contributed by atoms with Gasteiger partial charge in [-0.25, -0.2) is 10.0 Å². The Balaban J connectivity index is 0.000000189. The Morgan fingerprint density at radius 2 is 0.911 bits per heavy atom. The van der Waals surface area contributed by atoms with Crippen LogP contribution in [0.15, 0.2) is 119 Å². The molecule has 2 atom stereocenters. The molecule has 45 heavy (non-hydrogen) atoms. The van der Waals surface area contributed by atoms with Crippen molar-refractivity contribution in [1.82, 2.24) is 10.0 Å². The number of rotatable bonds is 4. The van der Waals surface area contributed by atoms with E-state index >= 15 is 0 Å². The number of hydrazone groups is 2. The zero-order chi connectivity index (χ0) is 32.3. The van der Waals surface area contributed by atoms with Crippen LogP contribution in [0.4, 0.5) is 0 Å². The van der Waals surface area contributed by atoms with Crippen molar-refractivity contribution in [2.45, 2.75) is 24.9 Å². The molecule has 0 bridgehead atoms. The van der Waals surface area contributed by atoms with Gasteiger partial charge in [0, 0.05) is 22.9 Å². The fraction of sp³-hybridized carbons (Fsp3) is 0.125. The van der Waals surface area contributed by atoms with Crippen LogP contribution in [0.5, 0.6) is 0 Å². The molecule has 0 saturated heterocycles. The van der Waals surface area contributed by atoms with Gasteiger partial charge < -0.3 is 11.5 Å². The molecule has 2 heterocycles. The molecule has 0 aromatic heterocycles. The van der Waals surface area contributed by atoms with E-state index in [1.807, 2.05) is 109 Å². The molecule has 4 N–H and O–H groups in total. The van der Waals surface area contributed by atoms with Gasteiger partial charge in [-0.1, -0.05) is 108 Å². The molecule has 0 fully saturated rings. The van der Waals surface area contributed by atoms with Crippen molar-refractivity contribution in [3.8, 4) is 0 Å². The number of benzene rings is 4. The fourth-order valence-electron chi connectivity index (χ4n) is 4.93. The Hall–Kier alpha value is -2.75. The summed E-state index contributed by atoms with van der Waals surface area (Å²) in [6, 6.07) is 35.6. The average molecular weight is 761 g/mol. The fourth-order valence-corrected chi connectivity index (χ4v) is 5.51. The summed E-state index contributed by atoms with van der Waals surface area (Å²) in [6.45, 7) is 0. The molecule has 6 nitrogen and oxygen atoms in total. The zero-order valence-corrected chi connectivity index (χ0v) is 29.2. The normalized spacial score (nSPS) is 17.0. The van der Waals surface area contributed by atoms with Gasteiger partial charge >= 0.3 is 33.0 Å². The van der Waals surface area contributed by atoms with Crippen LogP contribution in [0, 0.1) is 0 Å². The van der Waals surface area contributed by atoms with E-state index in [1.54, 1.807) is 10.0 Å². The van der Waals surface area contributed by atoms with Gasteiger partial charge in [-0.3, -0.25) is 0 Å². The van der Waals surface area contributed by atoms with Gasteiger partial charge in [-0.05, 0) is 71.0 Å². The minimum absolute atomic E-state index is 0.0231. The van der Waals surface area contributed by atoms with Crippen molar-refractivity contribution < 1.29 is 12.7 Å². The van der Waals surface area contributed by atoms with Gasteiger partial charge in [0.25, 0.3) is 0 Å². The molecule has 2 aliphatic rings. The molecule has 0 radical (unpaired) electrons. The van der Waals surface area contributed by atoms with Crippen LogP contribution < -0.4 is 11.5 Å². The standard InChI is InChI=1S/2C16H14ClN3S.2ClH.Ni/c2*17-13-8-6-12(7-9-13)15-10-14(19-20(15)16(18)21)11-4-2-1-3-5-11;;;/h2*1-9,15H,10H2,(H2,18,21);2*1H;/q;;;;+2/p-2/t2*15-;;;/m11.../s1. The molecule has 4 aromatic rings. The van der Waals surface area contributed by atoms with Crippen LogP contribution in [-0.4, -0.2) is 31.7 Å². The molecule has 0 saturated carbocycles. The second-order valence-corrected chi connectivity index (χ2v) is 13.1. The molecular weight excluding hydrogens is 733 g/mol. The van der Waals surface area contributed by atoms with Crippen molar-refractivity contribution in [3.63, 3.8) is 0 Å². The third kappa shape index (κ3) is 9.63. The maximum absolute atomic E-state index is 5.95. The van der Waals surface area contributed by atoms with E-state index < -0.39 is 0 Å². The quantitative estimate of drug-likeness (QED) is 0.160. The van der Waals surface area contributed by atoms with Crippen molar-refractivity contribution in [2.24, 2.45) is 21.7 Å². The molecular formula is C32H28Cl4N6NiS2. The van der Waals surface area contributed by atoms with E-state index in [0.717, 1.165) is 46.5 Å². The predicted molar refractivity (Wildman–Crippen MR) is 193 cm³/mol. The number of nitrogens with two attached hydrogens (primary N) is 2. The second-order valence-electron chi connectivity index (χ2n) is 9.78. The van der Waals surface area contributed by atoms with E-state index in [4.69, 9.17) is 79.5 Å². The Morgan fingerprint density at radius 3 is 1.20 bits per heavy atom. The van der Waals surface area contributed by atoms with Gasteiger partial charge in [0.1, 0.15) is 0 Å². The van der Waals surface area contributed by atoms with E-state index in [1.165, 1.54) is 0 Å². The van der Waals surface area contributed by atoms with Gasteiger partial charge in [0.05, 0.1) is 23.5 Å². The molecule has 6 rings (SSSR count). The van der Waals surface area contributed by atoms with Crippen LogP contribution >= 0.6 is 68.0 Å². The molecule has 2 aliphatic heterocycles. The first-order valence-corrected chi connectivity index (χ1v) is 17.8. The molecule has 0 spiro atoms. The summed E-state index contributed by atoms with van der Waals surface area (Å²) >= 11 is 22.7. The van der Waals surface area contributed by atoms with Gasteiger partial charge in [-0.2, -0.15) is 10.2 Å². The SMILES string of the molecule is NC(=S)N1N=C(c2ccccc2)C[C@@H]1c1ccc(Cl)cc1.NC(=S)N1N=C(c2ccccc2)C[C@@H]1c1ccc(Cl)cc1.[Cl][Ni][Cl]. The number of hydrogen-bond donors (Lipinski definition) is 2. The molecule has 236 valence electrons. The van der Waals surface area contributed by atoms with Crippen LogP contribution in [0.25, 0.3) is 0 Å². The van der Waals surface area contributed by atoms with Crippen LogP contribution in [0.3, 0.4) is 0 Å². The first-order chi connectivity index (χ1) is 21.7. The first kappa shape index (κ1) is 35.1. The summed E-state index contributed by atoms with van der Waals surface area (Å²) in [6.07, 6.45) is 1.53. The van der Waals surface area contributed by atoms with Crippen LogP contribution in [-0.2, 0) is 12.7 Å². The second kappa shape index (κ2) is 17.2. The molecule has 0 aliphatic carbocycles. The first-order valence-electron chi connectivity index (χ1n) is 13.5. The Kier molecular flexibility index (Phi) is 13.5. The third-order valence-electron chi connectivity index (χ3n) is 7.00. The summed E-state index contributed by atoms with van der Waals surface area (Å²) in [5, 5.41) is 14.6. The minimum atomic E-state index is 0.0231. The van der Waals surface area contributed by atoms with Gasteiger partial charge in [-0.15, -0.1) is 0 Å². The summed E-state index contributed by atoms with van der Waals surface area (Å²) in [5.41, 5.74) is 18.0. The van der Waals surface area contributed by atoms with Gasteiger partial charge in [0.2, 0.25) is 0 Å². The summed E-state index contributed by atoms with van der Waals surface area (Å²) < 4.78 is 0. The molecule has 0 amide bonds. The third-order valence-corrected chi connectivity index (χ3v) is 7.87. The van der Waals surface area contributed by atoms with E-state index in [-0.39, 0.29) is 22.3 Å². The van der Waals surface area contributed by atoms with E-state index in [9.17, 15) is 0 Å². The summed E-state index contributed by atoms with van der Waals surface area (Å²) in [5.74, 6) is 0. The zero-order valence-electron chi connectivity index (χ0n) is 23.5. The van der Waals surface area contributed by atoms with E-state index in [0.29, 0.717) is 22.7 Å². The Bertz CT molecular complexity index is 1520. The Morgan fingerprint density at radius 1 is 0.600 bits per heavy atom. The monoisotopic (exact) mass is 758 g/mol. The topological polar surface area (TPSA) is 83.2 Å². The van der Waals surface area contributed by atoms with Gasteiger partial charge in [0.15, 0.2) is 10.2 Å². The van der Waals surface area contributed by atoms with Crippen molar-refractivity contribution in [2.75, 3.05) is 0 Å². The molecule has 13 heteroatoms. The van der Waals surface area contributed by atoms with Crippen molar-refractivity contribution in [3.05, 3.63) is 141 Å². The van der Waals surface area contributed by atoms with Crippen molar-refractivity contribution in [1.29, 1.82) is 0 Å². The summed E-state index contributed by atoms with van der Waals surface area (Å²) in [4.78, 5) is 0. The number of halogens is 4. The average Bonchev–Trinajstić information content (AvgIpc) is 3.70. The van der Waals surface area contributed by atoms with Crippen LogP contribution in [0.2, 0.25) is 10.0 Å². The number of nitrogens with zero attached hydrogens (tertiary/aromatic N) is 4. The number of thiocarbonyl (C=S) groups is 2. The van der Waals surface area contributed by atoms with Crippen molar-refractivity contribution >= 4 is 89.7 Å². The van der Waals surface area contributed by atoms with Crippen LogP contribution in [0.1, 0.15) is 47.2 Å². The molecule has 0 unspecified atom stereocenters. The maximum atomic E-state index is 5.95. The summed E-state index contributed by atoms with van der Waals surface area (Å²) in [7, 11) is 9.40. The Labute approximate surface area is 298 Å². The van der Waals surface area contributed by atoms with E-state index in [2.05, 4.69) is 10.2 Å². The number of hydrogen-bond acceptors (Lipinski definition) is 4. The molecule has 4 aromatic carbocycles. The predicted octanol–water partition coefficient (Wildman–Crippen LogP) is 8.85.